The summed E-state index contributed by atoms with van der Waals surface area (Å²) in [5.41, 5.74) is -0.995. The number of piperidine rings is 1. The average molecular weight is 286 g/mol. The summed E-state index contributed by atoms with van der Waals surface area (Å²) >= 11 is 0. The number of amides is 2. The summed E-state index contributed by atoms with van der Waals surface area (Å²) in [6.07, 6.45) is 2.28. The molecule has 2 atom stereocenters. The Hall–Kier alpha value is -1.30. The third kappa shape index (κ3) is 4.37. The number of carbonyl (C=O) groups excluding carboxylic acids is 1. The summed E-state index contributed by atoms with van der Waals surface area (Å²) in [5, 5.41) is 19.1. The van der Waals surface area contributed by atoms with E-state index in [1.54, 1.807) is 20.9 Å². The van der Waals surface area contributed by atoms with Crippen LogP contribution < -0.4 is 0 Å². The molecule has 0 radical (unpaired) electrons. The maximum absolute atomic E-state index is 12.4. The second-order valence-corrected chi connectivity index (χ2v) is 6.30. The quantitative estimate of drug-likeness (QED) is 0.818. The molecule has 20 heavy (non-hydrogen) atoms. The molecule has 116 valence electrons. The highest BCUT2D eigenvalue weighted by Gasteiger charge is 2.37. The molecule has 0 bridgehead atoms. The second kappa shape index (κ2) is 6.43. The molecule has 0 aliphatic carbocycles. The zero-order chi connectivity index (χ0) is 15.5. The Kier molecular flexibility index (Phi) is 5.39. The molecular weight excluding hydrogens is 260 g/mol. The van der Waals surface area contributed by atoms with Crippen LogP contribution in [0.4, 0.5) is 4.79 Å². The monoisotopic (exact) mass is 286 g/mol. The Morgan fingerprint density at radius 2 is 2.00 bits per heavy atom. The minimum absolute atomic E-state index is 0.172. The minimum atomic E-state index is -0.995. The van der Waals surface area contributed by atoms with Gasteiger partial charge in [0.05, 0.1) is 12.1 Å². The smallest absolute Gasteiger partial charge is 0.326 e. The molecular formula is C14H26N2O4. The Balaban J connectivity index is 2.77. The van der Waals surface area contributed by atoms with Gasteiger partial charge in [-0.05, 0) is 32.6 Å². The van der Waals surface area contributed by atoms with Crippen molar-refractivity contribution < 1.29 is 19.8 Å². The SMILES string of the molecule is CCC1CCN(C(=O)N(C)CC(C)(C)O)C(C(=O)O)C1. The van der Waals surface area contributed by atoms with E-state index in [0.29, 0.717) is 18.9 Å². The molecule has 2 N–H and O–H groups in total. The summed E-state index contributed by atoms with van der Waals surface area (Å²) in [6, 6.07) is -1.08. The van der Waals surface area contributed by atoms with Gasteiger partial charge in [0.25, 0.3) is 0 Å². The lowest BCUT2D eigenvalue weighted by atomic mass is 9.89. The summed E-state index contributed by atoms with van der Waals surface area (Å²) in [5.74, 6) is -0.590. The first kappa shape index (κ1) is 16.8. The third-order valence-electron chi connectivity index (χ3n) is 3.77. The van der Waals surface area contributed by atoms with E-state index in [0.717, 1.165) is 12.8 Å². The van der Waals surface area contributed by atoms with Crippen molar-refractivity contribution in [3.8, 4) is 0 Å². The second-order valence-electron chi connectivity index (χ2n) is 6.30. The highest BCUT2D eigenvalue weighted by Crippen LogP contribution is 2.26. The van der Waals surface area contributed by atoms with Crippen molar-refractivity contribution in [2.75, 3.05) is 20.1 Å². The van der Waals surface area contributed by atoms with E-state index in [1.165, 1.54) is 9.80 Å². The zero-order valence-electron chi connectivity index (χ0n) is 12.8. The number of aliphatic hydroxyl groups is 1. The van der Waals surface area contributed by atoms with Gasteiger partial charge < -0.3 is 20.0 Å². The molecule has 1 saturated heterocycles. The highest BCUT2D eigenvalue weighted by molar-refractivity contribution is 5.82. The van der Waals surface area contributed by atoms with E-state index in [4.69, 9.17) is 0 Å². The standard InChI is InChI=1S/C14H26N2O4/c1-5-10-6-7-16(11(8-10)12(17)18)13(19)15(4)9-14(2,3)20/h10-11,20H,5-9H2,1-4H3,(H,17,18). The van der Waals surface area contributed by atoms with Crippen molar-refractivity contribution in [3.05, 3.63) is 0 Å². The number of hydrogen-bond donors (Lipinski definition) is 2. The summed E-state index contributed by atoms with van der Waals surface area (Å²) < 4.78 is 0. The Labute approximate surface area is 120 Å². The van der Waals surface area contributed by atoms with Crippen LogP contribution >= 0.6 is 0 Å². The van der Waals surface area contributed by atoms with Crippen LogP contribution in [0.25, 0.3) is 0 Å². The number of likely N-dealkylation sites (tertiary alicyclic amines) is 1. The first-order chi connectivity index (χ1) is 9.15. The number of carbonyl (C=O) groups is 2. The molecule has 0 aromatic carbocycles. The van der Waals surface area contributed by atoms with Crippen molar-refractivity contribution in [1.29, 1.82) is 0 Å². The first-order valence-electron chi connectivity index (χ1n) is 7.12. The number of urea groups is 1. The fourth-order valence-electron chi connectivity index (χ4n) is 2.74. The normalized spacial score (nSPS) is 23.6. The van der Waals surface area contributed by atoms with Crippen LogP contribution in [-0.4, -0.2) is 63.8 Å². The number of carboxylic acids is 1. The van der Waals surface area contributed by atoms with Crippen LogP contribution in [0.3, 0.4) is 0 Å². The lowest BCUT2D eigenvalue weighted by Crippen LogP contribution is -2.55. The van der Waals surface area contributed by atoms with Gasteiger partial charge in [-0.3, -0.25) is 0 Å². The molecule has 1 aliphatic rings. The maximum atomic E-state index is 12.4. The molecule has 1 rings (SSSR count). The zero-order valence-corrected chi connectivity index (χ0v) is 12.8. The molecule has 6 heteroatoms. The lowest BCUT2D eigenvalue weighted by molar-refractivity contribution is -0.144. The molecule has 1 fully saturated rings. The summed E-state index contributed by atoms with van der Waals surface area (Å²) in [4.78, 5) is 26.5. The van der Waals surface area contributed by atoms with Gasteiger partial charge in [-0.2, -0.15) is 0 Å². The lowest BCUT2D eigenvalue weighted by Gasteiger charge is -2.39. The number of aliphatic carboxylic acids is 1. The molecule has 1 heterocycles. The van der Waals surface area contributed by atoms with Gasteiger partial charge in [-0.25, -0.2) is 9.59 Å². The predicted octanol–water partition coefficient (Wildman–Crippen LogP) is 1.38. The molecule has 2 amide bonds. The van der Waals surface area contributed by atoms with Gasteiger partial charge in [0.1, 0.15) is 6.04 Å². The minimum Gasteiger partial charge on any atom is -0.480 e. The van der Waals surface area contributed by atoms with Gasteiger partial charge in [0.2, 0.25) is 0 Å². The molecule has 1 aliphatic heterocycles. The van der Waals surface area contributed by atoms with Gasteiger partial charge in [0.15, 0.2) is 0 Å². The Morgan fingerprint density at radius 3 is 2.45 bits per heavy atom. The molecule has 0 aromatic heterocycles. The van der Waals surface area contributed by atoms with E-state index in [-0.39, 0.29) is 12.6 Å². The highest BCUT2D eigenvalue weighted by atomic mass is 16.4. The van der Waals surface area contributed by atoms with Crippen molar-refractivity contribution in [2.24, 2.45) is 5.92 Å². The molecule has 6 nitrogen and oxygen atoms in total. The van der Waals surface area contributed by atoms with E-state index >= 15 is 0 Å². The third-order valence-corrected chi connectivity index (χ3v) is 3.77. The van der Waals surface area contributed by atoms with Crippen molar-refractivity contribution in [3.63, 3.8) is 0 Å². The summed E-state index contributed by atoms with van der Waals surface area (Å²) in [6.45, 7) is 5.92. The Morgan fingerprint density at radius 1 is 1.40 bits per heavy atom. The van der Waals surface area contributed by atoms with E-state index in [9.17, 15) is 19.8 Å². The molecule has 2 unspecified atom stereocenters. The van der Waals surface area contributed by atoms with Crippen LogP contribution in [0.2, 0.25) is 0 Å². The fraction of sp³-hybridized carbons (Fsp3) is 0.857. The van der Waals surface area contributed by atoms with Crippen LogP contribution in [-0.2, 0) is 4.79 Å². The van der Waals surface area contributed by atoms with Crippen molar-refractivity contribution in [2.45, 2.75) is 51.7 Å². The van der Waals surface area contributed by atoms with Gasteiger partial charge in [-0.1, -0.05) is 13.3 Å². The molecule has 0 aromatic rings. The number of nitrogens with zero attached hydrogens (tertiary/aromatic N) is 2. The number of hydrogen-bond acceptors (Lipinski definition) is 3. The van der Waals surface area contributed by atoms with Gasteiger partial charge in [0, 0.05) is 13.6 Å². The maximum Gasteiger partial charge on any atom is 0.326 e. The van der Waals surface area contributed by atoms with Crippen LogP contribution in [0.5, 0.6) is 0 Å². The van der Waals surface area contributed by atoms with Crippen molar-refractivity contribution >= 4 is 12.0 Å². The molecule has 0 saturated carbocycles. The van der Waals surface area contributed by atoms with Crippen molar-refractivity contribution in [1.82, 2.24) is 9.80 Å². The topological polar surface area (TPSA) is 81.1 Å². The number of carboxylic acid groups (broad SMARTS) is 1. The number of rotatable bonds is 4. The Bertz CT molecular complexity index is 365. The van der Waals surface area contributed by atoms with Crippen LogP contribution in [0.15, 0.2) is 0 Å². The van der Waals surface area contributed by atoms with Crippen LogP contribution in [0, 0.1) is 5.92 Å². The largest absolute Gasteiger partial charge is 0.480 e. The van der Waals surface area contributed by atoms with E-state index < -0.39 is 17.6 Å². The first-order valence-corrected chi connectivity index (χ1v) is 7.12. The number of likely N-dealkylation sites (N-methyl/N-ethyl adjacent to an activating group) is 1. The van der Waals surface area contributed by atoms with E-state index in [2.05, 4.69) is 0 Å². The molecule has 0 spiro atoms. The fourth-order valence-corrected chi connectivity index (χ4v) is 2.74. The van der Waals surface area contributed by atoms with Crippen LogP contribution in [0.1, 0.15) is 40.0 Å². The van der Waals surface area contributed by atoms with Gasteiger partial charge >= 0.3 is 12.0 Å². The average Bonchev–Trinajstić information content (AvgIpc) is 2.35. The van der Waals surface area contributed by atoms with Gasteiger partial charge in [-0.15, -0.1) is 0 Å². The summed E-state index contributed by atoms with van der Waals surface area (Å²) in [7, 11) is 1.59. The van der Waals surface area contributed by atoms with E-state index in [1.807, 2.05) is 6.92 Å². The predicted molar refractivity (Wildman–Crippen MR) is 75.5 cm³/mol.